The Balaban J connectivity index is 3.25. The smallest absolute Gasteiger partial charge is 0.305 e. The molecule has 0 saturated carbocycles. The van der Waals surface area contributed by atoms with E-state index in [2.05, 4.69) is 15.3 Å². The molecular formula is C15H22N4O8. The van der Waals surface area contributed by atoms with Crippen LogP contribution in [0.25, 0.3) is 10.4 Å². The number of ether oxygens (including phenoxy) is 4. The summed E-state index contributed by atoms with van der Waals surface area (Å²) in [4.78, 5) is 49.0. The predicted octanol–water partition coefficient (Wildman–Crippen LogP) is 0.343. The minimum atomic E-state index is -1.31. The van der Waals surface area contributed by atoms with E-state index in [0.29, 0.717) is 6.42 Å². The van der Waals surface area contributed by atoms with Crippen LogP contribution in [-0.2, 0) is 38.1 Å². The Morgan fingerprint density at radius 3 is 2.07 bits per heavy atom. The highest BCUT2D eigenvalue weighted by molar-refractivity contribution is 5.78. The van der Waals surface area contributed by atoms with Gasteiger partial charge in [0, 0.05) is 25.7 Å². The second kappa shape index (κ2) is 10.3. The summed E-state index contributed by atoms with van der Waals surface area (Å²) in [7, 11) is 0. The van der Waals surface area contributed by atoms with E-state index in [1.807, 2.05) is 0 Å². The number of hydrogen-bond acceptors (Lipinski definition) is 9. The van der Waals surface area contributed by atoms with Gasteiger partial charge in [-0.2, -0.15) is 0 Å². The van der Waals surface area contributed by atoms with Crippen LogP contribution in [0.4, 0.5) is 0 Å². The molecule has 1 N–H and O–H groups in total. The average molecular weight is 386 g/mol. The third kappa shape index (κ3) is 6.76. The lowest BCUT2D eigenvalue weighted by atomic mass is 9.94. The summed E-state index contributed by atoms with van der Waals surface area (Å²) in [5, 5.41) is 5.57. The number of carbonyl (C=O) groups is 4. The largest absolute Gasteiger partial charge is 0.456 e. The van der Waals surface area contributed by atoms with E-state index in [9.17, 15) is 19.2 Å². The molecule has 0 aromatic heterocycles. The molecule has 0 bridgehead atoms. The monoisotopic (exact) mass is 386 g/mol. The minimum Gasteiger partial charge on any atom is -0.456 e. The van der Waals surface area contributed by atoms with Crippen LogP contribution in [0.1, 0.15) is 34.1 Å². The number of nitrogens with one attached hydrogen (secondary N) is 1. The summed E-state index contributed by atoms with van der Waals surface area (Å²) in [5.74, 6) is -2.78. The molecule has 12 nitrogen and oxygen atoms in total. The molecular weight excluding hydrogens is 364 g/mol. The Kier molecular flexibility index (Phi) is 8.49. The van der Waals surface area contributed by atoms with E-state index in [4.69, 9.17) is 24.5 Å². The van der Waals surface area contributed by atoms with Crippen LogP contribution in [0.5, 0.6) is 0 Å². The second-order valence-electron chi connectivity index (χ2n) is 5.69. The Hall–Kier alpha value is -2.85. The summed E-state index contributed by atoms with van der Waals surface area (Å²) in [6, 6.07) is -1.19. The highest BCUT2D eigenvalue weighted by Gasteiger charge is 2.51. The lowest BCUT2D eigenvalue weighted by Gasteiger charge is -2.44. The van der Waals surface area contributed by atoms with Crippen LogP contribution in [0.15, 0.2) is 5.11 Å². The van der Waals surface area contributed by atoms with Crippen molar-refractivity contribution < 1.29 is 38.1 Å². The zero-order valence-corrected chi connectivity index (χ0v) is 15.4. The van der Waals surface area contributed by atoms with Gasteiger partial charge in [0.05, 0.1) is 0 Å². The van der Waals surface area contributed by atoms with Crippen molar-refractivity contribution in [3.05, 3.63) is 10.4 Å². The van der Waals surface area contributed by atoms with Gasteiger partial charge in [-0.15, -0.1) is 0 Å². The zero-order chi connectivity index (χ0) is 20.6. The van der Waals surface area contributed by atoms with Crippen molar-refractivity contribution in [2.45, 2.75) is 64.8 Å². The zero-order valence-electron chi connectivity index (χ0n) is 15.4. The summed E-state index contributed by atoms with van der Waals surface area (Å²) in [6.45, 7) is 4.65. The molecule has 0 aliphatic carbocycles. The van der Waals surface area contributed by atoms with E-state index >= 15 is 0 Å². The van der Waals surface area contributed by atoms with E-state index < -0.39 is 61.0 Å². The number of hydrogen-bond donors (Lipinski definition) is 1. The first-order valence-corrected chi connectivity index (χ1v) is 8.16. The Bertz CT molecular complexity index is 633. The van der Waals surface area contributed by atoms with Crippen molar-refractivity contribution >= 4 is 23.8 Å². The molecule has 150 valence electrons. The summed E-state index contributed by atoms with van der Waals surface area (Å²) >= 11 is 0. The standard InChI is InChI=1S/C15H22N4O8/c1-5-10-13(24-7(2)20)14(25-8(3)21)12(15(27-10)26-9(4)22)18-11(23)6-17-19-16/h10,12-15H,5-6H2,1-4H3,(H,18,23)/t10?,12-,13-,14?,15?/m1/s1. The highest BCUT2D eigenvalue weighted by Crippen LogP contribution is 2.29. The third-order valence-corrected chi connectivity index (χ3v) is 3.54. The fourth-order valence-electron chi connectivity index (χ4n) is 2.64. The highest BCUT2D eigenvalue weighted by atomic mass is 16.7. The molecule has 1 fully saturated rings. The molecule has 0 spiro atoms. The van der Waals surface area contributed by atoms with Gasteiger partial charge < -0.3 is 24.3 Å². The number of esters is 3. The molecule has 0 aromatic rings. The quantitative estimate of drug-likeness (QED) is 0.215. The fraction of sp³-hybridized carbons (Fsp3) is 0.733. The van der Waals surface area contributed by atoms with Gasteiger partial charge >= 0.3 is 17.9 Å². The van der Waals surface area contributed by atoms with Gasteiger partial charge in [-0.05, 0) is 12.0 Å². The van der Waals surface area contributed by atoms with Gasteiger partial charge in [0.2, 0.25) is 12.2 Å². The van der Waals surface area contributed by atoms with E-state index in [1.54, 1.807) is 6.92 Å². The molecule has 1 amide bonds. The molecule has 1 aliphatic heterocycles. The third-order valence-electron chi connectivity index (χ3n) is 3.54. The van der Waals surface area contributed by atoms with Crippen LogP contribution in [-0.4, -0.2) is 61.0 Å². The first-order valence-electron chi connectivity index (χ1n) is 8.16. The molecule has 0 aromatic carbocycles. The molecule has 5 atom stereocenters. The fourth-order valence-corrected chi connectivity index (χ4v) is 2.64. The minimum absolute atomic E-state index is 0.340. The van der Waals surface area contributed by atoms with Crippen LogP contribution < -0.4 is 5.32 Å². The maximum Gasteiger partial charge on any atom is 0.305 e. The first-order chi connectivity index (χ1) is 12.7. The van der Waals surface area contributed by atoms with E-state index in [0.717, 1.165) is 13.8 Å². The lowest BCUT2D eigenvalue weighted by Crippen LogP contribution is -2.66. The summed E-state index contributed by atoms with van der Waals surface area (Å²) in [6.07, 6.45) is -3.96. The summed E-state index contributed by atoms with van der Waals surface area (Å²) in [5.41, 5.74) is 8.33. The number of azide groups is 1. The molecule has 1 saturated heterocycles. The van der Waals surface area contributed by atoms with Crippen LogP contribution in [0.2, 0.25) is 0 Å². The average Bonchev–Trinajstić information content (AvgIpc) is 2.56. The van der Waals surface area contributed by atoms with Gasteiger partial charge in [0.25, 0.3) is 0 Å². The van der Waals surface area contributed by atoms with Gasteiger partial charge in [0.1, 0.15) is 18.7 Å². The van der Waals surface area contributed by atoms with Crippen molar-refractivity contribution in [3.8, 4) is 0 Å². The maximum absolute atomic E-state index is 12.0. The van der Waals surface area contributed by atoms with Crippen molar-refractivity contribution in [3.63, 3.8) is 0 Å². The van der Waals surface area contributed by atoms with Crippen molar-refractivity contribution in [2.24, 2.45) is 5.11 Å². The van der Waals surface area contributed by atoms with Gasteiger partial charge in [0.15, 0.2) is 12.2 Å². The van der Waals surface area contributed by atoms with E-state index in [-0.39, 0.29) is 0 Å². The molecule has 3 unspecified atom stereocenters. The first kappa shape index (κ1) is 22.2. The van der Waals surface area contributed by atoms with Crippen LogP contribution in [0, 0.1) is 0 Å². The second-order valence-corrected chi connectivity index (χ2v) is 5.69. The number of amides is 1. The maximum atomic E-state index is 12.0. The summed E-state index contributed by atoms with van der Waals surface area (Å²) < 4.78 is 21.3. The Labute approximate surface area is 155 Å². The van der Waals surface area contributed by atoms with Gasteiger partial charge in [-0.25, -0.2) is 0 Å². The SMILES string of the molecule is CCC1OC(OC(C)=O)[C@H](NC(=O)CN=[N+]=[N-])C(OC(C)=O)[C@@H]1OC(C)=O. The lowest BCUT2D eigenvalue weighted by molar-refractivity contribution is -0.265. The molecule has 27 heavy (non-hydrogen) atoms. The van der Waals surface area contributed by atoms with Crippen LogP contribution in [0.3, 0.4) is 0 Å². The number of carbonyl (C=O) groups excluding carboxylic acids is 4. The molecule has 12 heteroatoms. The normalized spacial score (nSPS) is 26.9. The van der Waals surface area contributed by atoms with Crippen molar-refractivity contribution in [1.29, 1.82) is 0 Å². The number of rotatable bonds is 7. The van der Waals surface area contributed by atoms with E-state index in [1.165, 1.54) is 6.92 Å². The van der Waals surface area contributed by atoms with Crippen molar-refractivity contribution in [1.82, 2.24) is 5.32 Å². The Morgan fingerprint density at radius 2 is 1.59 bits per heavy atom. The molecule has 0 radical (unpaired) electrons. The number of nitrogens with zero attached hydrogens (tertiary/aromatic N) is 3. The molecule has 1 heterocycles. The van der Waals surface area contributed by atoms with Gasteiger partial charge in [-0.1, -0.05) is 12.0 Å². The van der Waals surface area contributed by atoms with Crippen molar-refractivity contribution in [2.75, 3.05) is 6.54 Å². The topological polar surface area (TPSA) is 166 Å². The van der Waals surface area contributed by atoms with Gasteiger partial charge in [-0.3, -0.25) is 19.2 Å². The molecule has 1 aliphatic rings. The predicted molar refractivity (Wildman–Crippen MR) is 87.8 cm³/mol. The Morgan fingerprint density at radius 1 is 1.04 bits per heavy atom. The van der Waals surface area contributed by atoms with Crippen LogP contribution >= 0.6 is 0 Å². The molecule has 1 rings (SSSR count).